The lowest BCUT2D eigenvalue weighted by Crippen LogP contribution is -2.44. The van der Waals surface area contributed by atoms with E-state index in [1.807, 2.05) is 17.9 Å². The summed E-state index contributed by atoms with van der Waals surface area (Å²) in [5.74, 6) is 0. The van der Waals surface area contributed by atoms with Gasteiger partial charge in [-0.05, 0) is 46.0 Å². The minimum Gasteiger partial charge on any atom is -0.413 e. The molecule has 1 aromatic heterocycles. The van der Waals surface area contributed by atoms with Crippen molar-refractivity contribution in [2.24, 2.45) is 7.05 Å². The van der Waals surface area contributed by atoms with Gasteiger partial charge in [-0.15, -0.1) is 0 Å². The fourth-order valence-electron chi connectivity index (χ4n) is 3.73. The molecule has 1 aliphatic rings. The van der Waals surface area contributed by atoms with E-state index in [4.69, 9.17) is 4.43 Å². The third-order valence-corrected chi connectivity index (χ3v) is 11.6. The van der Waals surface area contributed by atoms with Crippen LogP contribution in [0.2, 0.25) is 18.1 Å². The van der Waals surface area contributed by atoms with Crippen molar-refractivity contribution in [3.63, 3.8) is 0 Å². The van der Waals surface area contributed by atoms with Crippen molar-refractivity contribution < 1.29 is 4.43 Å². The number of hydrogen-bond acceptors (Lipinski definition) is 3. The molecular weight excluding hydrogens is 430 g/mol. The van der Waals surface area contributed by atoms with Crippen molar-refractivity contribution in [3.05, 3.63) is 52.3 Å². The zero-order valence-corrected chi connectivity index (χ0v) is 20.7. The SMILES string of the molecule is Cn1ncc(Br)c1C[C@@H]1C[C@@H](O[Si](C)(C)C(C)(C)C)CN1Cc1ccccc1. The summed E-state index contributed by atoms with van der Waals surface area (Å²) < 4.78 is 9.90. The van der Waals surface area contributed by atoms with Gasteiger partial charge in [0.15, 0.2) is 8.32 Å². The molecule has 2 aromatic rings. The van der Waals surface area contributed by atoms with Crippen LogP contribution >= 0.6 is 15.9 Å². The van der Waals surface area contributed by atoms with Gasteiger partial charge in [0, 0.05) is 32.6 Å². The Kier molecular flexibility index (Phi) is 6.54. The molecule has 28 heavy (non-hydrogen) atoms. The van der Waals surface area contributed by atoms with Gasteiger partial charge in [0.1, 0.15) is 0 Å². The molecule has 2 heterocycles. The Balaban J connectivity index is 1.78. The number of likely N-dealkylation sites (tertiary alicyclic amines) is 1. The van der Waals surface area contributed by atoms with E-state index >= 15 is 0 Å². The highest BCUT2D eigenvalue weighted by Gasteiger charge is 2.42. The molecule has 154 valence electrons. The van der Waals surface area contributed by atoms with E-state index in [1.54, 1.807) is 0 Å². The summed E-state index contributed by atoms with van der Waals surface area (Å²) in [6.07, 6.45) is 4.27. The maximum atomic E-state index is 6.80. The molecule has 0 amide bonds. The maximum absolute atomic E-state index is 6.80. The van der Waals surface area contributed by atoms with Gasteiger partial charge in [-0.25, -0.2) is 0 Å². The number of halogens is 1. The third-order valence-electron chi connectivity index (χ3n) is 6.43. The van der Waals surface area contributed by atoms with Crippen LogP contribution < -0.4 is 0 Å². The van der Waals surface area contributed by atoms with Gasteiger partial charge < -0.3 is 4.43 Å². The molecule has 1 saturated heterocycles. The van der Waals surface area contributed by atoms with Crippen LogP contribution in [0.1, 0.15) is 38.4 Å². The number of benzene rings is 1. The van der Waals surface area contributed by atoms with Gasteiger partial charge in [0.05, 0.1) is 22.5 Å². The highest BCUT2D eigenvalue weighted by molar-refractivity contribution is 9.10. The lowest BCUT2D eigenvalue weighted by molar-refractivity contribution is 0.177. The average molecular weight is 465 g/mol. The summed E-state index contributed by atoms with van der Waals surface area (Å²) in [7, 11) is 0.253. The van der Waals surface area contributed by atoms with E-state index in [-0.39, 0.29) is 5.04 Å². The van der Waals surface area contributed by atoms with Gasteiger partial charge in [-0.1, -0.05) is 51.1 Å². The van der Waals surface area contributed by atoms with Crippen LogP contribution in [0.3, 0.4) is 0 Å². The van der Waals surface area contributed by atoms with Gasteiger partial charge in [-0.2, -0.15) is 5.10 Å². The Morgan fingerprint density at radius 3 is 2.46 bits per heavy atom. The average Bonchev–Trinajstić information content (AvgIpc) is 3.12. The molecule has 0 N–H and O–H groups in total. The molecular formula is C22H34BrN3OSi. The summed E-state index contributed by atoms with van der Waals surface area (Å²) in [5, 5.41) is 4.64. The van der Waals surface area contributed by atoms with Crippen molar-refractivity contribution >= 4 is 24.2 Å². The number of aromatic nitrogens is 2. The normalized spacial score (nSPS) is 21.4. The lowest BCUT2D eigenvalue weighted by atomic mass is 10.1. The minimum absolute atomic E-state index is 0.237. The molecule has 0 spiro atoms. The summed E-state index contributed by atoms with van der Waals surface area (Å²) in [4.78, 5) is 2.60. The number of hydrogen-bond donors (Lipinski definition) is 0. The maximum Gasteiger partial charge on any atom is 0.192 e. The molecule has 6 heteroatoms. The molecule has 0 bridgehead atoms. The van der Waals surface area contributed by atoms with Crippen LogP contribution in [0.5, 0.6) is 0 Å². The molecule has 0 aliphatic carbocycles. The van der Waals surface area contributed by atoms with Gasteiger partial charge >= 0.3 is 0 Å². The smallest absolute Gasteiger partial charge is 0.192 e. The molecule has 1 fully saturated rings. The topological polar surface area (TPSA) is 30.3 Å². The molecule has 3 rings (SSSR count). The summed E-state index contributed by atoms with van der Waals surface area (Å²) in [6, 6.07) is 11.2. The Morgan fingerprint density at radius 1 is 1.21 bits per heavy atom. The Hall–Kier alpha value is -0.953. The van der Waals surface area contributed by atoms with Crippen LogP contribution in [0.4, 0.5) is 0 Å². The van der Waals surface area contributed by atoms with E-state index in [2.05, 4.69) is 90.1 Å². The van der Waals surface area contributed by atoms with Gasteiger partial charge in [-0.3, -0.25) is 9.58 Å². The Bertz CT molecular complexity index is 765. The molecule has 2 atom stereocenters. The fraction of sp³-hybridized carbons (Fsp3) is 0.591. The highest BCUT2D eigenvalue weighted by Crippen LogP contribution is 2.39. The van der Waals surface area contributed by atoms with Crippen LogP contribution in [0.25, 0.3) is 0 Å². The largest absolute Gasteiger partial charge is 0.413 e. The fourth-order valence-corrected chi connectivity index (χ4v) is 5.60. The van der Waals surface area contributed by atoms with Crippen molar-refractivity contribution in [2.45, 2.75) is 70.4 Å². The predicted octanol–water partition coefficient (Wildman–Crippen LogP) is 5.39. The first kappa shape index (κ1) is 21.7. The van der Waals surface area contributed by atoms with Crippen LogP contribution in [-0.2, 0) is 24.4 Å². The van der Waals surface area contributed by atoms with E-state index in [1.165, 1.54) is 11.3 Å². The molecule has 1 aliphatic heterocycles. The van der Waals surface area contributed by atoms with E-state index in [0.29, 0.717) is 12.1 Å². The van der Waals surface area contributed by atoms with E-state index in [0.717, 1.165) is 30.4 Å². The standard InChI is InChI=1S/C22H34BrN3OSi/c1-22(2,3)28(5,6)27-19-12-18(13-21-20(23)14-24-25(21)4)26(16-19)15-17-10-8-7-9-11-17/h7-11,14,18-19H,12-13,15-16H2,1-6H3/t18-,19+/m0/s1. The Labute approximate surface area is 179 Å². The van der Waals surface area contributed by atoms with Crippen molar-refractivity contribution in [2.75, 3.05) is 6.54 Å². The zero-order chi connectivity index (χ0) is 20.5. The van der Waals surface area contributed by atoms with Crippen molar-refractivity contribution in [1.29, 1.82) is 0 Å². The van der Waals surface area contributed by atoms with E-state index in [9.17, 15) is 0 Å². The zero-order valence-electron chi connectivity index (χ0n) is 18.1. The lowest BCUT2D eigenvalue weighted by Gasteiger charge is -2.38. The quantitative estimate of drug-likeness (QED) is 0.537. The molecule has 0 radical (unpaired) electrons. The first-order valence-electron chi connectivity index (χ1n) is 10.2. The number of nitrogens with zero attached hydrogens (tertiary/aromatic N) is 3. The summed E-state index contributed by atoms with van der Waals surface area (Å²) in [6.45, 7) is 13.7. The molecule has 0 saturated carbocycles. The Morgan fingerprint density at radius 2 is 1.89 bits per heavy atom. The second-order valence-electron chi connectivity index (χ2n) is 9.57. The second-order valence-corrected chi connectivity index (χ2v) is 15.2. The third kappa shape index (κ3) is 4.96. The second kappa shape index (κ2) is 8.42. The van der Waals surface area contributed by atoms with Crippen molar-refractivity contribution in [1.82, 2.24) is 14.7 Å². The monoisotopic (exact) mass is 463 g/mol. The first-order chi connectivity index (χ1) is 13.1. The molecule has 0 unspecified atom stereocenters. The highest BCUT2D eigenvalue weighted by atomic mass is 79.9. The van der Waals surface area contributed by atoms with E-state index < -0.39 is 8.32 Å². The van der Waals surface area contributed by atoms with Crippen molar-refractivity contribution in [3.8, 4) is 0 Å². The summed E-state index contributed by atoms with van der Waals surface area (Å²) in [5.41, 5.74) is 2.63. The number of aryl methyl sites for hydroxylation is 1. The first-order valence-corrected chi connectivity index (χ1v) is 13.9. The van der Waals surface area contributed by atoms with Gasteiger partial charge in [0.25, 0.3) is 0 Å². The molecule has 1 aromatic carbocycles. The van der Waals surface area contributed by atoms with Crippen LogP contribution in [0, 0.1) is 0 Å². The van der Waals surface area contributed by atoms with Crippen LogP contribution in [0.15, 0.2) is 41.0 Å². The minimum atomic E-state index is -1.78. The van der Waals surface area contributed by atoms with Crippen LogP contribution in [-0.4, -0.2) is 41.7 Å². The van der Waals surface area contributed by atoms with Gasteiger partial charge in [0.2, 0.25) is 0 Å². The predicted molar refractivity (Wildman–Crippen MR) is 122 cm³/mol. The number of rotatable bonds is 6. The summed E-state index contributed by atoms with van der Waals surface area (Å²) >= 11 is 3.67. The molecule has 4 nitrogen and oxygen atoms in total.